The van der Waals surface area contributed by atoms with Gasteiger partial charge in [0, 0.05) is 25.5 Å². The smallest absolute Gasteiger partial charge is 0.311 e. The third kappa shape index (κ3) is 2.23. The fraction of sp³-hybridized carbons (Fsp3) is 0.500. The van der Waals surface area contributed by atoms with Crippen molar-refractivity contribution < 1.29 is 14.7 Å². The number of amides is 1. The van der Waals surface area contributed by atoms with E-state index >= 15 is 0 Å². The highest BCUT2D eigenvalue weighted by Crippen LogP contribution is 2.36. The average Bonchev–Trinajstić information content (AvgIpc) is 2.84. The number of nitrogens with two attached hydrogens (primary N) is 1. The lowest BCUT2D eigenvalue weighted by molar-refractivity contribution is -0.147. The van der Waals surface area contributed by atoms with Crippen LogP contribution in [0.4, 0.5) is 5.82 Å². The second-order valence-electron chi connectivity index (χ2n) is 4.70. The van der Waals surface area contributed by atoms with Crippen molar-refractivity contribution in [2.75, 3.05) is 18.0 Å². The van der Waals surface area contributed by atoms with Crippen LogP contribution in [0.3, 0.4) is 0 Å². The van der Waals surface area contributed by atoms with E-state index in [4.69, 9.17) is 5.73 Å². The van der Waals surface area contributed by atoms with Crippen LogP contribution in [0.1, 0.15) is 30.3 Å². The second-order valence-corrected chi connectivity index (χ2v) is 4.70. The molecule has 1 amide bonds. The molecule has 0 aromatic carbocycles. The van der Waals surface area contributed by atoms with Crippen LogP contribution in [0.2, 0.25) is 0 Å². The normalized spacial score (nSPS) is 22.5. The summed E-state index contributed by atoms with van der Waals surface area (Å²) in [5.41, 5.74) is 4.56. The highest BCUT2D eigenvalue weighted by atomic mass is 16.4. The molecule has 0 bridgehead atoms. The first-order valence-electron chi connectivity index (χ1n) is 6.09. The van der Waals surface area contributed by atoms with Crippen molar-refractivity contribution in [2.24, 2.45) is 11.1 Å². The van der Waals surface area contributed by atoms with Crippen molar-refractivity contribution in [3.05, 3.63) is 18.1 Å². The Morgan fingerprint density at radius 2 is 2.16 bits per heavy atom. The maximum absolute atomic E-state index is 11.4. The number of carboxylic acids is 1. The molecule has 7 heteroatoms. The monoisotopic (exact) mass is 264 g/mol. The quantitative estimate of drug-likeness (QED) is 0.807. The number of aliphatic carboxylic acids is 1. The average molecular weight is 264 g/mol. The van der Waals surface area contributed by atoms with E-state index in [1.807, 2.05) is 6.92 Å². The minimum Gasteiger partial charge on any atom is -0.481 e. The van der Waals surface area contributed by atoms with Gasteiger partial charge in [-0.2, -0.15) is 0 Å². The molecule has 7 nitrogen and oxygen atoms in total. The summed E-state index contributed by atoms with van der Waals surface area (Å²) in [4.78, 5) is 32.5. The van der Waals surface area contributed by atoms with Crippen LogP contribution in [0.15, 0.2) is 12.4 Å². The molecule has 1 fully saturated rings. The predicted octanol–water partition coefficient (Wildman–Crippen LogP) is 0.267. The largest absolute Gasteiger partial charge is 0.481 e. The van der Waals surface area contributed by atoms with Gasteiger partial charge in [-0.25, -0.2) is 9.97 Å². The van der Waals surface area contributed by atoms with E-state index in [-0.39, 0.29) is 5.69 Å². The minimum atomic E-state index is -0.818. The van der Waals surface area contributed by atoms with E-state index in [1.165, 1.54) is 12.4 Å². The molecule has 0 saturated carbocycles. The number of anilines is 1. The fourth-order valence-electron chi connectivity index (χ4n) is 2.40. The molecule has 2 heterocycles. The van der Waals surface area contributed by atoms with E-state index in [0.29, 0.717) is 31.7 Å². The molecule has 102 valence electrons. The number of primary amides is 1. The molecule has 3 N–H and O–H groups in total. The molecule has 1 aromatic rings. The Hall–Kier alpha value is -2.18. The van der Waals surface area contributed by atoms with Crippen molar-refractivity contribution in [2.45, 2.75) is 19.8 Å². The first-order valence-corrected chi connectivity index (χ1v) is 6.09. The van der Waals surface area contributed by atoms with Gasteiger partial charge in [0.1, 0.15) is 0 Å². The standard InChI is InChI=1S/C12H16N4O3/c1-2-12(11(18)19)3-6-16(7-12)10-8(9(13)17)14-4-5-15-10/h4-5H,2-3,6-7H2,1H3,(H2,13,17)(H,18,19). The van der Waals surface area contributed by atoms with Crippen LogP contribution in [-0.4, -0.2) is 40.0 Å². The Bertz CT molecular complexity index is 519. The molecule has 1 aliphatic heterocycles. The van der Waals surface area contributed by atoms with E-state index in [0.717, 1.165) is 0 Å². The molecule has 1 unspecified atom stereocenters. The van der Waals surface area contributed by atoms with Gasteiger partial charge in [-0.05, 0) is 12.8 Å². The van der Waals surface area contributed by atoms with Crippen LogP contribution in [0.5, 0.6) is 0 Å². The van der Waals surface area contributed by atoms with Gasteiger partial charge < -0.3 is 15.7 Å². The van der Waals surface area contributed by atoms with Crippen molar-refractivity contribution >= 4 is 17.7 Å². The van der Waals surface area contributed by atoms with Gasteiger partial charge >= 0.3 is 5.97 Å². The van der Waals surface area contributed by atoms with Crippen LogP contribution in [-0.2, 0) is 4.79 Å². The molecule has 1 aliphatic rings. The zero-order valence-electron chi connectivity index (χ0n) is 10.7. The summed E-state index contributed by atoms with van der Waals surface area (Å²) in [6.45, 7) is 2.69. The molecular formula is C12H16N4O3. The molecular weight excluding hydrogens is 248 g/mol. The number of carboxylic acid groups (broad SMARTS) is 1. The molecule has 0 radical (unpaired) electrons. The Morgan fingerprint density at radius 1 is 1.47 bits per heavy atom. The number of aromatic nitrogens is 2. The maximum Gasteiger partial charge on any atom is 0.311 e. The summed E-state index contributed by atoms with van der Waals surface area (Å²) in [7, 11) is 0. The Kier molecular flexibility index (Phi) is 3.37. The summed E-state index contributed by atoms with van der Waals surface area (Å²) in [5.74, 6) is -1.11. The number of nitrogens with zero attached hydrogens (tertiary/aromatic N) is 3. The number of carbonyl (C=O) groups excluding carboxylic acids is 1. The van der Waals surface area contributed by atoms with Crippen molar-refractivity contribution in [1.29, 1.82) is 0 Å². The summed E-state index contributed by atoms with van der Waals surface area (Å²) >= 11 is 0. The predicted molar refractivity (Wildman–Crippen MR) is 67.7 cm³/mol. The first-order chi connectivity index (χ1) is 9.00. The first kappa shape index (κ1) is 13.3. The van der Waals surface area contributed by atoms with Crippen LogP contribution in [0.25, 0.3) is 0 Å². The SMILES string of the molecule is CCC1(C(=O)O)CCN(c2nccnc2C(N)=O)C1. The lowest BCUT2D eigenvalue weighted by atomic mass is 9.84. The van der Waals surface area contributed by atoms with Crippen LogP contribution in [0, 0.1) is 5.41 Å². The van der Waals surface area contributed by atoms with Crippen LogP contribution >= 0.6 is 0 Å². The third-order valence-electron chi connectivity index (χ3n) is 3.70. The van der Waals surface area contributed by atoms with E-state index in [9.17, 15) is 14.7 Å². The lowest BCUT2D eigenvalue weighted by Gasteiger charge is -2.24. The summed E-state index contributed by atoms with van der Waals surface area (Å²) in [5, 5.41) is 9.35. The molecule has 0 spiro atoms. The van der Waals surface area contributed by atoms with Gasteiger partial charge in [-0.3, -0.25) is 9.59 Å². The maximum atomic E-state index is 11.4. The van der Waals surface area contributed by atoms with Gasteiger partial charge in [0.2, 0.25) is 0 Å². The fourth-order valence-corrected chi connectivity index (χ4v) is 2.40. The topological polar surface area (TPSA) is 109 Å². The third-order valence-corrected chi connectivity index (χ3v) is 3.70. The van der Waals surface area contributed by atoms with Crippen molar-refractivity contribution in [3.8, 4) is 0 Å². The molecule has 0 aliphatic carbocycles. The summed E-state index contributed by atoms with van der Waals surface area (Å²) in [6.07, 6.45) is 3.91. The van der Waals surface area contributed by atoms with Gasteiger partial charge in [0.15, 0.2) is 11.5 Å². The van der Waals surface area contributed by atoms with Crippen molar-refractivity contribution in [1.82, 2.24) is 9.97 Å². The number of rotatable bonds is 4. The highest BCUT2D eigenvalue weighted by molar-refractivity contribution is 5.95. The zero-order chi connectivity index (χ0) is 14.0. The zero-order valence-corrected chi connectivity index (χ0v) is 10.7. The molecule has 19 heavy (non-hydrogen) atoms. The van der Waals surface area contributed by atoms with Gasteiger partial charge in [-0.15, -0.1) is 0 Å². The summed E-state index contributed by atoms with van der Waals surface area (Å²) in [6, 6.07) is 0. The molecule has 1 saturated heterocycles. The van der Waals surface area contributed by atoms with Gasteiger partial charge in [0.05, 0.1) is 5.41 Å². The number of hydrogen-bond donors (Lipinski definition) is 2. The number of hydrogen-bond acceptors (Lipinski definition) is 5. The summed E-state index contributed by atoms with van der Waals surface area (Å²) < 4.78 is 0. The Balaban J connectivity index is 2.31. The van der Waals surface area contributed by atoms with E-state index < -0.39 is 17.3 Å². The van der Waals surface area contributed by atoms with Gasteiger partial charge in [0.25, 0.3) is 5.91 Å². The van der Waals surface area contributed by atoms with E-state index in [2.05, 4.69) is 9.97 Å². The number of carbonyl (C=O) groups is 2. The highest BCUT2D eigenvalue weighted by Gasteiger charge is 2.44. The van der Waals surface area contributed by atoms with Gasteiger partial charge in [-0.1, -0.05) is 6.92 Å². The minimum absolute atomic E-state index is 0.0831. The second kappa shape index (κ2) is 4.83. The Morgan fingerprint density at radius 3 is 2.68 bits per heavy atom. The lowest BCUT2D eigenvalue weighted by Crippen LogP contribution is -2.35. The molecule has 2 rings (SSSR count). The van der Waals surface area contributed by atoms with Crippen molar-refractivity contribution in [3.63, 3.8) is 0 Å². The molecule has 1 aromatic heterocycles. The molecule has 1 atom stereocenters. The van der Waals surface area contributed by atoms with E-state index in [1.54, 1.807) is 4.90 Å². The van der Waals surface area contributed by atoms with Crippen LogP contribution < -0.4 is 10.6 Å². The Labute approximate surface area is 110 Å².